The van der Waals surface area contributed by atoms with E-state index in [-0.39, 0.29) is 6.73 Å². The minimum absolute atomic E-state index is 0.118. The molecule has 0 saturated heterocycles. The van der Waals surface area contributed by atoms with Gasteiger partial charge in [0.05, 0.1) is 0 Å². The molecule has 1 aromatic heterocycles. The lowest BCUT2D eigenvalue weighted by Crippen LogP contribution is -2.13. The van der Waals surface area contributed by atoms with Crippen LogP contribution in [0.25, 0.3) is 0 Å². The van der Waals surface area contributed by atoms with E-state index < -0.39 is 5.97 Å². The molecule has 1 heterocycles. The van der Waals surface area contributed by atoms with E-state index in [1.165, 1.54) is 12.8 Å². The Hall–Kier alpha value is -1.07. The average molecular weight is 240 g/mol. The molecule has 0 aliphatic carbocycles. The van der Waals surface area contributed by atoms with Gasteiger partial charge in [0.25, 0.3) is 0 Å². The van der Waals surface area contributed by atoms with E-state index >= 15 is 0 Å². The Balaban J connectivity index is 2.50. The fourth-order valence-corrected chi connectivity index (χ4v) is 2.03. The molecule has 0 bridgehead atoms. The van der Waals surface area contributed by atoms with Crippen LogP contribution < -0.4 is 5.73 Å². The number of hydrogen-bond acceptors (Lipinski definition) is 5. The molecule has 0 spiro atoms. The molecule has 5 heteroatoms. The number of ether oxygens (including phenoxy) is 1. The quantitative estimate of drug-likeness (QED) is 0.357. The maximum atomic E-state index is 11.2. The number of pyridine rings is 1. The first-order valence-corrected chi connectivity index (χ1v) is 6.22. The van der Waals surface area contributed by atoms with Crippen LogP contribution in [0.2, 0.25) is 0 Å². The van der Waals surface area contributed by atoms with Crippen molar-refractivity contribution in [2.45, 2.75) is 24.7 Å². The van der Waals surface area contributed by atoms with Gasteiger partial charge in [-0.15, -0.1) is 11.8 Å². The molecule has 1 aromatic rings. The molecule has 4 nitrogen and oxygen atoms in total. The number of nitrogens with zero attached hydrogens (tertiary/aromatic N) is 1. The van der Waals surface area contributed by atoms with Gasteiger partial charge in [-0.2, -0.15) is 0 Å². The van der Waals surface area contributed by atoms with E-state index in [2.05, 4.69) is 16.6 Å². The van der Waals surface area contributed by atoms with Crippen LogP contribution in [0.15, 0.2) is 23.2 Å². The molecule has 0 fully saturated rings. The monoisotopic (exact) mass is 240 g/mol. The van der Waals surface area contributed by atoms with E-state index in [1.54, 1.807) is 24.0 Å². The van der Waals surface area contributed by atoms with Crippen LogP contribution in [0, 0.1) is 0 Å². The lowest BCUT2D eigenvalue weighted by atomic mass is 10.3. The van der Waals surface area contributed by atoms with Crippen molar-refractivity contribution in [3.05, 3.63) is 24.0 Å². The molecule has 0 aromatic carbocycles. The molecule has 0 aliphatic heterocycles. The fraction of sp³-hybridized carbons (Fsp3) is 0.455. The molecule has 0 radical (unpaired) electrons. The van der Waals surface area contributed by atoms with Gasteiger partial charge in [-0.1, -0.05) is 13.3 Å². The van der Waals surface area contributed by atoms with Gasteiger partial charge in [-0.05, 0) is 24.3 Å². The maximum Gasteiger partial charge on any atom is 0.358 e. The van der Waals surface area contributed by atoms with Crippen molar-refractivity contribution in [2.75, 3.05) is 12.5 Å². The summed E-state index contributed by atoms with van der Waals surface area (Å²) >= 11 is 1.74. The minimum Gasteiger partial charge on any atom is -0.445 e. The summed E-state index contributed by atoms with van der Waals surface area (Å²) < 4.78 is 4.64. The van der Waals surface area contributed by atoms with Crippen molar-refractivity contribution >= 4 is 17.7 Å². The van der Waals surface area contributed by atoms with Gasteiger partial charge in [0.1, 0.15) is 12.4 Å². The predicted molar refractivity (Wildman–Crippen MR) is 64.3 cm³/mol. The molecule has 88 valence electrons. The molecule has 0 unspecified atom stereocenters. The number of rotatable bonds is 6. The number of esters is 1. The highest BCUT2D eigenvalue weighted by Gasteiger charge is 2.07. The van der Waals surface area contributed by atoms with Gasteiger partial charge in [0.15, 0.2) is 0 Å². The predicted octanol–water partition coefficient (Wildman–Crippen LogP) is 2.05. The second-order valence-electron chi connectivity index (χ2n) is 3.18. The second kappa shape index (κ2) is 7.24. The zero-order chi connectivity index (χ0) is 11.8. The molecule has 0 saturated carbocycles. The summed E-state index contributed by atoms with van der Waals surface area (Å²) in [5.41, 5.74) is 5.40. The number of unbranched alkanes of at least 4 members (excludes halogenated alkanes) is 1. The van der Waals surface area contributed by atoms with Gasteiger partial charge < -0.3 is 4.74 Å². The minimum atomic E-state index is -0.479. The van der Waals surface area contributed by atoms with Gasteiger partial charge in [-0.3, -0.25) is 5.73 Å². The number of hydrogen-bond donors (Lipinski definition) is 1. The summed E-state index contributed by atoms with van der Waals surface area (Å²) in [4.78, 5) is 16.3. The Morgan fingerprint density at radius 3 is 2.94 bits per heavy atom. The highest BCUT2D eigenvalue weighted by molar-refractivity contribution is 7.99. The maximum absolute atomic E-state index is 11.2. The van der Waals surface area contributed by atoms with Crippen LogP contribution in [0.1, 0.15) is 30.3 Å². The zero-order valence-corrected chi connectivity index (χ0v) is 10.1. The topological polar surface area (TPSA) is 65.2 Å². The molecule has 0 aliphatic rings. The van der Waals surface area contributed by atoms with Crippen molar-refractivity contribution in [3.8, 4) is 0 Å². The van der Waals surface area contributed by atoms with E-state index in [4.69, 9.17) is 5.73 Å². The Morgan fingerprint density at radius 1 is 1.56 bits per heavy atom. The summed E-state index contributed by atoms with van der Waals surface area (Å²) in [6.07, 6.45) is 4.05. The van der Waals surface area contributed by atoms with E-state index in [1.807, 2.05) is 6.07 Å². The lowest BCUT2D eigenvalue weighted by Gasteiger charge is -2.02. The largest absolute Gasteiger partial charge is 0.445 e. The van der Waals surface area contributed by atoms with E-state index in [0.717, 1.165) is 10.6 Å². The fourth-order valence-electron chi connectivity index (χ4n) is 1.07. The number of carbonyl (C=O) groups excluding carboxylic acids is 1. The van der Waals surface area contributed by atoms with Crippen molar-refractivity contribution in [1.29, 1.82) is 0 Å². The highest BCUT2D eigenvalue weighted by atomic mass is 32.2. The second-order valence-corrected chi connectivity index (χ2v) is 4.35. The average Bonchev–Trinajstić information content (AvgIpc) is 2.30. The summed E-state index contributed by atoms with van der Waals surface area (Å²) in [6.45, 7) is 2.04. The van der Waals surface area contributed by atoms with Crippen molar-refractivity contribution in [3.63, 3.8) is 0 Å². The van der Waals surface area contributed by atoms with Gasteiger partial charge in [0, 0.05) is 11.1 Å². The normalized spacial score (nSPS) is 10.1. The Morgan fingerprint density at radius 2 is 2.38 bits per heavy atom. The molecule has 0 atom stereocenters. The first-order valence-electron chi connectivity index (χ1n) is 5.24. The Labute approximate surface area is 99.6 Å². The molecule has 1 rings (SSSR count). The molecular weight excluding hydrogens is 224 g/mol. The van der Waals surface area contributed by atoms with Crippen molar-refractivity contribution in [2.24, 2.45) is 5.73 Å². The summed E-state index contributed by atoms with van der Waals surface area (Å²) in [5, 5.41) is 0. The van der Waals surface area contributed by atoms with Crippen LogP contribution in [0.3, 0.4) is 0 Å². The van der Waals surface area contributed by atoms with E-state index in [0.29, 0.717) is 5.69 Å². The smallest absolute Gasteiger partial charge is 0.358 e. The Bertz CT molecular complexity index is 327. The number of carbonyl (C=O) groups is 1. The van der Waals surface area contributed by atoms with Crippen LogP contribution in [-0.2, 0) is 4.74 Å². The van der Waals surface area contributed by atoms with Gasteiger partial charge >= 0.3 is 5.97 Å². The lowest BCUT2D eigenvalue weighted by molar-refractivity contribution is 0.0508. The number of nitrogens with two attached hydrogens (primary N) is 1. The van der Waals surface area contributed by atoms with Crippen LogP contribution >= 0.6 is 11.8 Å². The third-order valence-electron chi connectivity index (χ3n) is 1.93. The SMILES string of the molecule is CCCCSc1ccc(C(=O)OCN)nc1. The summed E-state index contributed by atoms with van der Waals surface area (Å²) in [7, 11) is 0. The van der Waals surface area contributed by atoms with Crippen LogP contribution in [-0.4, -0.2) is 23.4 Å². The highest BCUT2D eigenvalue weighted by Crippen LogP contribution is 2.18. The molecule has 0 amide bonds. The summed E-state index contributed by atoms with van der Waals surface area (Å²) in [5.74, 6) is 0.595. The zero-order valence-electron chi connectivity index (χ0n) is 9.31. The third-order valence-corrected chi connectivity index (χ3v) is 2.99. The molecular formula is C11H16N2O2S. The van der Waals surface area contributed by atoms with Crippen LogP contribution in [0.5, 0.6) is 0 Å². The van der Waals surface area contributed by atoms with Crippen LogP contribution in [0.4, 0.5) is 0 Å². The standard InChI is InChI=1S/C11H16N2O2S/c1-2-3-6-16-9-4-5-10(13-7-9)11(14)15-8-12/h4-5,7H,2-3,6,8,12H2,1H3. The number of aromatic nitrogens is 1. The summed E-state index contributed by atoms with van der Waals surface area (Å²) in [6, 6.07) is 3.53. The Kier molecular flexibility index (Phi) is 5.88. The van der Waals surface area contributed by atoms with Gasteiger partial charge in [0.2, 0.25) is 0 Å². The third kappa shape index (κ3) is 4.20. The number of thioether (sulfide) groups is 1. The van der Waals surface area contributed by atoms with Crippen molar-refractivity contribution in [1.82, 2.24) is 4.98 Å². The van der Waals surface area contributed by atoms with E-state index in [9.17, 15) is 4.79 Å². The molecule has 2 N–H and O–H groups in total. The van der Waals surface area contributed by atoms with Crippen molar-refractivity contribution < 1.29 is 9.53 Å². The molecule has 16 heavy (non-hydrogen) atoms. The first kappa shape index (κ1) is 13.0. The van der Waals surface area contributed by atoms with Gasteiger partial charge in [-0.25, -0.2) is 9.78 Å². The first-order chi connectivity index (χ1) is 7.77.